The van der Waals surface area contributed by atoms with Gasteiger partial charge in [-0.15, -0.1) is 0 Å². The fourth-order valence-electron chi connectivity index (χ4n) is 6.29. The number of nitrogens with zero attached hydrogens (tertiary/aromatic N) is 1. The Kier molecular flexibility index (Phi) is 13.3. The monoisotopic (exact) mass is 736 g/mol. The first kappa shape index (κ1) is 35.0. The molecule has 3 unspecified atom stereocenters. The van der Waals surface area contributed by atoms with Crippen LogP contribution in [0.15, 0.2) is 48.0 Å². The van der Waals surface area contributed by atoms with E-state index in [1.54, 1.807) is 30.2 Å². The van der Waals surface area contributed by atoms with Gasteiger partial charge in [-0.1, -0.05) is 43.9 Å². The molecule has 11 heteroatoms. The maximum absolute atomic E-state index is 14.0. The minimum Gasteiger partial charge on any atom is -0.496 e. The summed E-state index contributed by atoms with van der Waals surface area (Å²) in [7, 11) is 3.10. The van der Waals surface area contributed by atoms with Crippen LogP contribution in [0.1, 0.15) is 56.1 Å². The van der Waals surface area contributed by atoms with Crippen LogP contribution in [0.4, 0.5) is 0 Å². The quantitative estimate of drug-likeness (QED) is 0.203. The zero-order chi connectivity index (χ0) is 32.3. The first-order valence-corrected chi connectivity index (χ1v) is 16.7. The van der Waals surface area contributed by atoms with Crippen molar-refractivity contribution in [3.8, 4) is 17.2 Å². The number of hydrogen-bond donors (Lipinski definition) is 4. The lowest BCUT2D eigenvalue weighted by molar-refractivity contribution is -0.138. The predicted molar refractivity (Wildman–Crippen MR) is 178 cm³/mol. The van der Waals surface area contributed by atoms with Crippen molar-refractivity contribution in [2.24, 2.45) is 5.92 Å². The van der Waals surface area contributed by atoms with Crippen LogP contribution < -0.4 is 19.5 Å². The first-order valence-electron chi connectivity index (χ1n) is 15.6. The van der Waals surface area contributed by atoms with E-state index in [0.717, 1.165) is 30.6 Å². The molecule has 0 spiro atoms. The van der Waals surface area contributed by atoms with Crippen LogP contribution >= 0.6 is 22.6 Å². The Morgan fingerprint density at radius 1 is 1.07 bits per heavy atom. The van der Waals surface area contributed by atoms with Crippen LogP contribution in [0, 0.1) is 9.49 Å². The zero-order valence-electron chi connectivity index (χ0n) is 26.0. The highest BCUT2D eigenvalue weighted by Crippen LogP contribution is 2.37. The summed E-state index contributed by atoms with van der Waals surface area (Å²) in [5.74, 6) is 1.51. The number of rotatable bonds is 15. The first-order chi connectivity index (χ1) is 21.8. The third-order valence-corrected chi connectivity index (χ3v) is 9.52. The second-order valence-corrected chi connectivity index (χ2v) is 12.8. The zero-order valence-corrected chi connectivity index (χ0v) is 28.2. The number of aliphatic hydroxyl groups excluding tert-OH is 3. The maximum atomic E-state index is 14.0. The number of hydrogen-bond acceptors (Lipinski definition) is 8. The van der Waals surface area contributed by atoms with Crippen LogP contribution in [0.5, 0.6) is 17.2 Å². The highest BCUT2D eigenvalue weighted by atomic mass is 127. The number of methoxy groups -OCH3 is 2. The Hall–Kier alpha value is -2.87. The average Bonchev–Trinajstić information content (AvgIpc) is 3.58. The van der Waals surface area contributed by atoms with E-state index in [9.17, 15) is 24.9 Å². The number of nitrogens with one attached hydrogen (secondary N) is 1. The van der Waals surface area contributed by atoms with E-state index in [0.29, 0.717) is 51.5 Å². The molecule has 45 heavy (non-hydrogen) atoms. The number of amides is 2. The van der Waals surface area contributed by atoms with E-state index >= 15 is 0 Å². The minimum atomic E-state index is -1.16. The predicted octanol–water partition coefficient (Wildman–Crippen LogP) is 3.76. The normalized spacial score (nSPS) is 20.0. The summed E-state index contributed by atoms with van der Waals surface area (Å²) in [5, 5.41) is 33.6. The van der Waals surface area contributed by atoms with Crippen LogP contribution in [-0.4, -0.2) is 84.2 Å². The summed E-state index contributed by atoms with van der Waals surface area (Å²) in [4.78, 5) is 29.0. The van der Waals surface area contributed by atoms with Crippen molar-refractivity contribution in [3.63, 3.8) is 0 Å². The van der Waals surface area contributed by atoms with Gasteiger partial charge in [0.15, 0.2) is 11.5 Å². The maximum Gasteiger partial charge on any atom is 0.247 e. The van der Waals surface area contributed by atoms with Crippen LogP contribution in [-0.2, 0) is 22.6 Å². The summed E-state index contributed by atoms with van der Waals surface area (Å²) >= 11 is 2.08. The summed E-state index contributed by atoms with van der Waals surface area (Å²) in [6.45, 7) is -0.0146. The molecule has 0 radical (unpaired) electrons. The van der Waals surface area contributed by atoms with Crippen LogP contribution in [0.2, 0.25) is 0 Å². The molecule has 0 saturated heterocycles. The van der Waals surface area contributed by atoms with E-state index in [1.807, 2.05) is 24.3 Å². The fraction of sp³-hybridized carbons (Fsp3) is 0.529. The molecule has 0 aliphatic heterocycles. The number of carbonyl (C=O) groups excluding carboxylic acids is 2. The third kappa shape index (κ3) is 9.11. The van der Waals surface area contributed by atoms with Gasteiger partial charge in [0.1, 0.15) is 18.0 Å². The standard InChI is InChI=1S/C34H45IN2O8/c1-43-28-10-6-5-9-24(28)13-15-37(31(40)12-11-22-7-3-4-8-22)27-19-25(34(42)36-14-16-38)20-29(32(27)41)45-33-26(35)17-23(21-39)18-30(33)44-2/h5-6,9-10,17-18,20,22,27,29,32,38-39,41H,3-4,7-8,11-16,19,21H2,1-2H3,(H,36,42). The number of halogens is 1. The van der Waals surface area contributed by atoms with Gasteiger partial charge in [0.25, 0.3) is 0 Å². The number of benzene rings is 2. The highest BCUT2D eigenvalue weighted by molar-refractivity contribution is 14.1. The lowest BCUT2D eigenvalue weighted by Gasteiger charge is -2.41. The van der Waals surface area contributed by atoms with Gasteiger partial charge in [0.2, 0.25) is 11.8 Å². The number of aliphatic hydroxyl groups is 3. The summed E-state index contributed by atoms with van der Waals surface area (Å²) in [6.07, 6.45) is 5.84. The molecule has 2 aromatic rings. The third-order valence-electron chi connectivity index (χ3n) is 8.72. The number of carbonyl (C=O) groups is 2. The van der Waals surface area contributed by atoms with Gasteiger partial charge >= 0.3 is 0 Å². The van der Waals surface area contributed by atoms with E-state index in [4.69, 9.17) is 14.2 Å². The topological polar surface area (TPSA) is 138 Å². The van der Waals surface area contributed by atoms with Gasteiger partial charge in [-0.2, -0.15) is 0 Å². The number of para-hydroxylation sites is 1. The summed E-state index contributed by atoms with van der Waals surface area (Å²) in [6, 6.07) is 10.3. The molecule has 2 amide bonds. The smallest absolute Gasteiger partial charge is 0.247 e. The molecule has 1 saturated carbocycles. The van der Waals surface area contributed by atoms with E-state index in [-0.39, 0.29) is 32.1 Å². The second-order valence-electron chi connectivity index (χ2n) is 11.6. The van der Waals surface area contributed by atoms with Crippen molar-refractivity contribution in [1.82, 2.24) is 10.2 Å². The molecular weight excluding hydrogens is 691 g/mol. The number of ether oxygens (including phenoxy) is 3. The molecule has 2 aromatic carbocycles. The Bertz CT molecular complexity index is 1330. The molecule has 10 nitrogen and oxygen atoms in total. The van der Waals surface area contributed by atoms with E-state index in [1.165, 1.54) is 20.0 Å². The van der Waals surface area contributed by atoms with Gasteiger partial charge in [-0.3, -0.25) is 9.59 Å². The summed E-state index contributed by atoms with van der Waals surface area (Å²) in [5.41, 5.74) is 1.93. The molecular formula is C34H45IN2O8. The SMILES string of the molecule is COc1ccccc1CCN(C(=O)CCC1CCCC1)C1CC(C(=O)NCCO)=CC(Oc2c(I)cc(CO)cc2OC)C1O. The molecule has 4 rings (SSSR count). The molecule has 2 aliphatic rings. The summed E-state index contributed by atoms with van der Waals surface area (Å²) < 4.78 is 18.1. The molecule has 1 fully saturated rings. The largest absolute Gasteiger partial charge is 0.496 e. The van der Waals surface area contributed by atoms with E-state index in [2.05, 4.69) is 27.9 Å². The molecule has 0 bridgehead atoms. The molecule has 246 valence electrons. The molecule has 0 heterocycles. The van der Waals surface area contributed by atoms with Crippen molar-refractivity contribution in [1.29, 1.82) is 0 Å². The van der Waals surface area contributed by atoms with E-state index < -0.39 is 24.2 Å². The Morgan fingerprint density at radius 2 is 1.80 bits per heavy atom. The van der Waals surface area contributed by atoms with Gasteiger partial charge in [0, 0.05) is 31.5 Å². The Balaban J connectivity index is 1.67. The molecule has 4 N–H and O–H groups in total. The minimum absolute atomic E-state index is 0.0705. The molecule has 0 aromatic heterocycles. The van der Waals surface area contributed by atoms with Gasteiger partial charge < -0.3 is 39.7 Å². The lowest BCUT2D eigenvalue weighted by Crippen LogP contribution is -2.55. The molecule has 3 atom stereocenters. The molecule has 2 aliphatic carbocycles. The van der Waals surface area contributed by atoms with Crippen LogP contribution in [0.25, 0.3) is 0 Å². The van der Waals surface area contributed by atoms with Gasteiger partial charge in [-0.25, -0.2) is 0 Å². The van der Waals surface area contributed by atoms with Gasteiger partial charge in [0.05, 0.1) is 37.0 Å². The van der Waals surface area contributed by atoms with Crippen molar-refractivity contribution < 1.29 is 39.1 Å². The lowest BCUT2D eigenvalue weighted by atomic mass is 9.87. The Morgan fingerprint density at radius 3 is 2.49 bits per heavy atom. The fourth-order valence-corrected chi connectivity index (χ4v) is 7.08. The highest BCUT2D eigenvalue weighted by Gasteiger charge is 2.41. The van der Waals surface area contributed by atoms with Crippen molar-refractivity contribution >= 4 is 34.4 Å². The van der Waals surface area contributed by atoms with Crippen molar-refractivity contribution in [2.45, 2.75) is 76.2 Å². The Labute approximate surface area is 278 Å². The van der Waals surface area contributed by atoms with Gasteiger partial charge in [-0.05, 0) is 76.8 Å². The van der Waals surface area contributed by atoms with Crippen molar-refractivity contribution in [3.05, 3.63) is 62.7 Å². The van der Waals surface area contributed by atoms with Crippen LogP contribution in [0.3, 0.4) is 0 Å². The average molecular weight is 737 g/mol. The second kappa shape index (κ2) is 17.2. The van der Waals surface area contributed by atoms with Crippen molar-refractivity contribution in [2.75, 3.05) is 33.9 Å².